The molecule has 1 unspecified atom stereocenters. The van der Waals surface area contributed by atoms with Gasteiger partial charge in [-0.25, -0.2) is 0 Å². The lowest BCUT2D eigenvalue weighted by Crippen LogP contribution is -2.19. The summed E-state index contributed by atoms with van der Waals surface area (Å²) in [6, 6.07) is 5.88. The van der Waals surface area contributed by atoms with Crippen LogP contribution in [0.4, 0.5) is 0 Å². The molecule has 2 aliphatic carbocycles. The molecule has 1 N–H and O–H groups in total. The highest BCUT2D eigenvalue weighted by Crippen LogP contribution is 2.53. The Bertz CT molecular complexity index is 508. The first-order chi connectivity index (χ1) is 8.00. The van der Waals surface area contributed by atoms with Crippen molar-refractivity contribution in [2.45, 2.75) is 45.4 Å². The molecule has 90 valence electrons. The molecule has 0 radical (unpaired) electrons. The van der Waals surface area contributed by atoms with Gasteiger partial charge in [-0.1, -0.05) is 32.4 Å². The summed E-state index contributed by atoms with van der Waals surface area (Å²) in [6.45, 7) is 6.93. The minimum Gasteiger partial charge on any atom is -0.508 e. The van der Waals surface area contributed by atoms with Gasteiger partial charge in [0.2, 0.25) is 0 Å². The SMILES string of the molecule is CC1CCC2=C(C1)c1ccc(O)cc1C2(C)C. The monoisotopic (exact) mass is 228 g/mol. The van der Waals surface area contributed by atoms with Gasteiger partial charge >= 0.3 is 0 Å². The third-order valence-electron chi connectivity index (χ3n) is 4.56. The zero-order chi connectivity index (χ0) is 12.2. The molecule has 1 aromatic rings. The van der Waals surface area contributed by atoms with Crippen LogP contribution in [-0.2, 0) is 5.41 Å². The first-order valence-corrected chi connectivity index (χ1v) is 6.56. The highest BCUT2D eigenvalue weighted by atomic mass is 16.3. The Morgan fingerprint density at radius 1 is 1.29 bits per heavy atom. The van der Waals surface area contributed by atoms with Gasteiger partial charge in [-0.3, -0.25) is 0 Å². The van der Waals surface area contributed by atoms with Crippen LogP contribution in [0.2, 0.25) is 0 Å². The lowest BCUT2D eigenvalue weighted by atomic mass is 9.76. The zero-order valence-electron chi connectivity index (χ0n) is 10.9. The molecule has 0 saturated heterocycles. The first kappa shape index (κ1) is 10.9. The Kier molecular flexibility index (Phi) is 2.16. The maximum Gasteiger partial charge on any atom is 0.115 e. The van der Waals surface area contributed by atoms with Crippen LogP contribution in [0.3, 0.4) is 0 Å². The number of phenols is 1. The molecule has 0 fully saturated rings. The van der Waals surface area contributed by atoms with Crippen molar-refractivity contribution in [3.8, 4) is 5.75 Å². The molecule has 1 heteroatoms. The van der Waals surface area contributed by atoms with Crippen LogP contribution in [0.1, 0.15) is 51.2 Å². The predicted octanol–water partition coefficient (Wildman–Crippen LogP) is 4.26. The third kappa shape index (κ3) is 1.45. The van der Waals surface area contributed by atoms with Crippen LogP contribution in [0.5, 0.6) is 5.75 Å². The van der Waals surface area contributed by atoms with Gasteiger partial charge in [0.05, 0.1) is 0 Å². The fraction of sp³-hybridized carbons (Fsp3) is 0.500. The molecular formula is C16H20O. The Hall–Kier alpha value is -1.24. The molecule has 1 nitrogen and oxygen atoms in total. The molecule has 0 aromatic heterocycles. The lowest BCUT2D eigenvalue weighted by molar-refractivity contribution is 0.469. The molecule has 0 spiro atoms. The molecule has 0 bridgehead atoms. The summed E-state index contributed by atoms with van der Waals surface area (Å²) in [5.74, 6) is 1.19. The van der Waals surface area contributed by atoms with Crippen molar-refractivity contribution >= 4 is 5.57 Å². The molecular weight excluding hydrogens is 208 g/mol. The summed E-state index contributed by atoms with van der Waals surface area (Å²) in [4.78, 5) is 0. The Balaban J connectivity index is 2.20. The third-order valence-corrected chi connectivity index (χ3v) is 4.56. The largest absolute Gasteiger partial charge is 0.508 e. The van der Waals surface area contributed by atoms with E-state index in [0.29, 0.717) is 5.75 Å². The fourth-order valence-corrected chi connectivity index (χ4v) is 3.55. The van der Waals surface area contributed by atoms with Crippen molar-refractivity contribution in [2.75, 3.05) is 0 Å². The number of benzene rings is 1. The van der Waals surface area contributed by atoms with Crippen LogP contribution in [0.25, 0.3) is 5.57 Å². The molecule has 0 saturated carbocycles. The standard InChI is InChI=1S/C16H20O/c1-10-4-7-14-13(8-10)12-6-5-11(17)9-15(12)16(14,2)3/h5-6,9-10,17H,4,7-8H2,1-3H3. The second-order valence-electron chi connectivity index (χ2n) is 6.16. The van der Waals surface area contributed by atoms with Gasteiger partial charge in [0.25, 0.3) is 0 Å². The van der Waals surface area contributed by atoms with Gasteiger partial charge < -0.3 is 5.11 Å². The van der Waals surface area contributed by atoms with Gasteiger partial charge in [-0.2, -0.15) is 0 Å². The van der Waals surface area contributed by atoms with E-state index in [-0.39, 0.29) is 5.41 Å². The maximum atomic E-state index is 9.70. The van der Waals surface area contributed by atoms with Gasteiger partial charge in [0, 0.05) is 5.41 Å². The second-order valence-corrected chi connectivity index (χ2v) is 6.16. The van der Waals surface area contributed by atoms with E-state index in [1.165, 1.54) is 30.4 Å². The van der Waals surface area contributed by atoms with E-state index < -0.39 is 0 Å². The summed E-state index contributed by atoms with van der Waals surface area (Å²) < 4.78 is 0. The van der Waals surface area contributed by atoms with Crippen LogP contribution >= 0.6 is 0 Å². The molecule has 1 aromatic carbocycles. The van der Waals surface area contributed by atoms with E-state index in [4.69, 9.17) is 0 Å². The van der Waals surface area contributed by atoms with Crippen molar-refractivity contribution in [3.63, 3.8) is 0 Å². The van der Waals surface area contributed by atoms with Crippen molar-refractivity contribution in [1.29, 1.82) is 0 Å². The Morgan fingerprint density at radius 2 is 2.06 bits per heavy atom. The number of allylic oxidation sites excluding steroid dienone is 2. The highest BCUT2D eigenvalue weighted by Gasteiger charge is 2.39. The Morgan fingerprint density at radius 3 is 2.82 bits per heavy atom. The van der Waals surface area contributed by atoms with Crippen molar-refractivity contribution < 1.29 is 5.11 Å². The first-order valence-electron chi connectivity index (χ1n) is 6.56. The summed E-state index contributed by atoms with van der Waals surface area (Å²) in [5, 5.41) is 9.70. The fourth-order valence-electron chi connectivity index (χ4n) is 3.55. The number of rotatable bonds is 0. The van der Waals surface area contributed by atoms with E-state index in [1.807, 2.05) is 12.1 Å². The van der Waals surface area contributed by atoms with Crippen LogP contribution < -0.4 is 0 Å². The smallest absolute Gasteiger partial charge is 0.115 e. The second kappa shape index (κ2) is 3.38. The average Bonchev–Trinajstić information content (AvgIpc) is 2.48. The molecule has 0 aliphatic heterocycles. The van der Waals surface area contributed by atoms with Crippen molar-refractivity contribution in [3.05, 3.63) is 34.9 Å². The summed E-state index contributed by atoms with van der Waals surface area (Å²) in [6.07, 6.45) is 3.73. The summed E-state index contributed by atoms with van der Waals surface area (Å²) in [7, 11) is 0. The lowest BCUT2D eigenvalue weighted by Gasteiger charge is -2.28. The van der Waals surface area contributed by atoms with Crippen LogP contribution in [0.15, 0.2) is 23.8 Å². The number of aromatic hydroxyl groups is 1. The summed E-state index contributed by atoms with van der Waals surface area (Å²) in [5.41, 5.74) is 5.98. The molecule has 3 rings (SSSR count). The molecule has 0 heterocycles. The minimum absolute atomic E-state index is 0.115. The van der Waals surface area contributed by atoms with Crippen LogP contribution in [0, 0.1) is 5.92 Å². The summed E-state index contributed by atoms with van der Waals surface area (Å²) >= 11 is 0. The van der Waals surface area contributed by atoms with Gasteiger partial charge in [-0.05, 0) is 54.0 Å². The number of hydrogen-bond acceptors (Lipinski definition) is 1. The number of hydrogen-bond donors (Lipinski definition) is 1. The van der Waals surface area contributed by atoms with E-state index in [1.54, 1.807) is 11.1 Å². The van der Waals surface area contributed by atoms with Gasteiger partial charge in [0.15, 0.2) is 0 Å². The van der Waals surface area contributed by atoms with E-state index in [9.17, 15) is 5.11 Å². The van der Waals surface area contributed by atoms with Crippen LogP contribution in [-0.4, -0.2) is 5.11 Å². The van der Waals surface area contributed by atoms with Crippen molar-refractivity contribution in [1.82, 2.24) is 0 Å². The van der Waals surface area contributed by atoms with Gasteiger partial charge in [-0.15, -0.1) is 0 Å². The average molecular weight is 228 g/mol. The number of fused-ring (bicyclic) bond motifs is 2. The van der Waals surface area contributed by atoms with Crippen molar-refractivity contribution in [2.24, 2.45) is 5.92 Å². The molecule has 0 amide bonds. The quantitative estimate of drug-likeness (QED) is 0.703. The molecule has 1 atom stereocenters. The van der Waals surface area contributed by atoms with E-state index in [0.717, 1.165) is 5.92 Å². The topological polar surface area (TPSA) is 20.2 Å². The maximum absolute atomic E-state index is 9.70. The van der Waals surface area contributed by atoms with Gasteiger partial charge in [0.1, 0.15) is 5.75 Å². The highest BCUT2D eigenvalue weighted by molar-refractivity contribution is 5.81. The molecule has 2 aliphatic rings. The molecule has 17 heavy (non-hydrogen) atoms. The predicted molar refractivity (Wildman–Crippen MR) is 71.1 cm³/mol. The van der Waals surface area contributed by atoms with E-state index >= 15 is 0 Å². The Labute approximate surface area is 103 Å². The van der Waals surface area contributed by atoms with E-state index in [2.05, 4.69) is 26.8 Å². The minimum atomic E-state index is 0.115. The number of phenolic OH excluding ortho intramolecular Hbond substituents is 1. The normalized spacial score (nSPS) is 25.7. The zero-order valence-corrected chi connectivity index (χ0v) is 10.9.